The lowest BCUT2D eigenvalue weighted by Crippen LogP contribution is -1.96. The maximum absolute atomic E-state index is 11.9. The molecule has 17 heavy (non-hydrogen) atoms. The molecule has 0 bridgehead atoms. The highest BCUT2D eigenvalue weighted by Crippen LogP contribution is 2.49. The summed E-state index contributed by atoms with van der Waals surface area (Å²) in [6.07, 6.45) is 3.03. The first kappa shape index (κ1) is 14.0. The highest BCUT2D eigenvalue weighted by molar-refractivity contribution is 7.48. The highest BCUT2D eigenvalue weighted by atomic mass is 31.2. The Kier molecular flexibility index (Phi) is 5.98. The Labute approximate surface area is 102 Å². The van der Waals surface area contributed by atoms with Crippen molar-refractivity contribution in [2.45, 2.75) is 13.8 Å². The van der Waals surface area contributed by atoms with Crippen molar-refractivity contribution in [3.63, 3.8) is 0 Å². The van der Waals surface area contributed by atoms with Gasteiger partial charge in [0.05, 0.1) is 19.5 Å². The first-order chi connectivity index (χ1) is 8.20. The van der Waals surface area contributed by atoms with Gasteiger partial charge in [-0.2, -0.15) is 0 Å². The predicted octanol–water partition coefficient (Wildman–Crippen LogP) is 3.86. The minimum Gasteiger partial charge on any atom is -0.412 e. The van der Waals surface area contributed by atoms with Crippen molar-refractivity contribution >= 4 is 13.9 Å². The van der Waals surface area contributed by atoms with Crippen LogP contribution in [0.3, 0.4) is 0 Å². The van der Waals surface area contributed by atoms with E-state index in [4.69, 9.17) is 13.6 Å². The summed E-state index contributed by atoms with van der Waals surface area (Å²) in [6, 6.07) is 9.55. The number of rotatable bonds is 7. The van der Waals surface area contributed by atoms with Crippen molar-refractivity contribution in [2.75, 3.05) is 13.2 Å². The van der Waals surface area contributed by atoms with Crippen LogP contribution in [0, 0.1) is 0 Å². The molecule has 0 unspecified atom stereocenters. The Hall–Kier alpha value is -1.09. The van der Waals surface area contributed by atoms with Crippen LogP contribution in [0.15, 0.2) is 36.6 Å². The largest absolute Gasteiger partial charge is 0.529 e. The molecule has 94 valence electrons. The first-order valence-corrected chi connectivity index (χ1v) is 6.95. The van der Waals surface area contributed by atoms with Crippen LogP contribution in [0.2, 0.25) is 0 Å². The summed E-state index contributed by atoms with van der Waals surface area (Å²) in [6.45, 7) is 4.01. The lowest BCUT2D eigenvalue weighted by Gasteiger charge is -2.14. The summed E-state index contributed by atoms with van der Waals surface area (Å²) in [5.74, 6) is 0. The van der Waals surface area contributed by atoms with E-state index in [2.05, 4.69) is 0 Å². The quantitative estimate of drug-likeness (QED) is 0.549. The smallest absolute Gasteiger partial charge is 0.412 e. The van der Waals surface area contributed by atoms with Gasteiger partial charge in [-0.15, -0.1) is 0 Å². The fraction of sp³-hybridized carbons (Fsp3) is 0.333. The fourth-order valence-electron chi connectivity index (χ4n) is 1.16. The zero-order valence-electron chi connectivity index (χ0n) is 10.0. The van der Waals surface area contributed by atoms with Gasteiger partial charge in [0.2, 0.25) is 0 Å². The maximum Gasteiger partial charge on any atom is 0.529 e. The molecular formula is C12H17O4P. The second-order valence-corrected chi connectivity index (χ2v) is 4.72. The van der Waals surface area contributed by atoms with Crippen molar-refractivity contribution in [2.24, 2.45) is 0 Å². The fourth-order valence-corrected chi connectivity index (χ4v) is 2.20. The molecular weight excluding hydrogens is 239 g/mol. The average Bonchev–Trinajstić information content (AvgIpc) is 2.31. The van der Waals surface area contributed by atoms with Gasteiger partial charge in [0.15, 0.2) is 0 Å². The zero-order valence-corrected chi connectivity index (χ0v) is 10.9. The van der Waals surface area contributed by atoms with Crippen LogP contribution < -0.4 is 0 Å². The van der Waals surface area contributed by atoms with Gasteiger partial charge in [0.1, 0.15) is 0 Å². The minimum absolute atomic E-state index is 0.274. The van der Waals surface area contributed by atoms with Crippen molar-refractivity contribution in [1.29, 1.82) is 0 Å². The summed E-state index contributed by atoms with van der Waals surface area (Å²) < 4.78 is 26.9. The molecule has 0 saturated carbocycles. The van der Waals surface area contributed by atoms with Crippen molar-refractivity contribution in [1.82, 2.24) is 0 Å². The Bertz CT molecular complexity index is 379. The van der Waals surface area contributed by atoms with E-state index in [0.717, 1.165) is 5.56 Å². The molecule has 0 aliphatic rings. The molecule has 1 aromatic rings. The van der Waals surface area contributed by atoms with E-state index < -0.39 is 7.82 Å². The molecule has 0 saturated heterocycles. The van der Waals surface area contributed by atoms with Gasteiger partial charge in [0, 0.05) is 0 Å². The lowest BCUT2D eigenvalue weighted by atomic mass is 10.2. The monoisotopic (exact) mass is 256 g/mol. The van der Waals surface area contributed by atoms with Gasteiger partial charge in [0.25, 0.3) is 0 Å². The summed E-state index contributed by atoms with van der Waals surface area (Å²) in [4.78, 5) is 0. The third-order valence-electron chi connectivity index (χ3n) is 1.82. The normalized spacial score (nSPS) is 11.9. The topological polar surface area (TPSA) is 44.8 Å². The van der Waals surface area contributed by atoms with Crippen LogP contribution in [0.25, 0.3) is 6.08 Å². The van der Waals surface area contributed by atoms with E-state index in [1.165, 1.54) is 6.26 Å². The molecule has 0 amide bonds. The molecule has 0 aliphatic carbocycles. The highest BCUT2D eigenvalue weighted by Gasteiger charge is 2.24. The van der Waals surface area contributed by atoms with Crippen molar-refractivity contribution in [3.05, 3.63) is 42.2 Å². The Morgan fingerprint density at radius 1 is 1.12 bits per heavy atom. The molecule has 0 heterocycles. The van der Waals surface area contributed by atoms with Gasteiger partial charge < -0.3 is 4.52 Å². The van der Waals surface area contributed by atoms with Gasteiger partial charge in [-0.05, 0) is 25.5 Å². The van der Waals surface area contributed by atoms with E-state index in [9.17, 15) is 4.57 Å². The number of phosphoric acid groups is 1. The summed E-state index contributed by atoms with van der Waals surface area (Å²) in [5.41, 5.74) is 0.951. The molecule has 5 heteroatoms. The third-order valence-corrected chi connectivity index (χ3v) is 3.35. The van der Waals surface area contributed by atoms with E-state index in [-0.39, 0.29) is 13.2 Å². The maximum atomic E-state index is 11.9. The van der Waals surface area contributed by atoms with E-state index in [0.29, 0.717) is 0 Å². The zero-order chi connectivity index (χ0) is 12.6. The van der Waals surface area contributed by atoms with E-state index in [1.54, 1.807) is 19.9 Å². The van der Waals surface area contributed by atoms with Gasteiger partial charge in [-0.25, -0.2) is 4.57 Å². The van der Waals surface area contributed by atoms with Gasteiger partial charge in [-0.1, -0.05) is 30.3 Å². The summed E-state index contributed by atoms with van der Waals surface area (Å²) in [7, 11) is -3.44. The van der Waals surface area contributed by atoms with Crippen LogP contribution >= 0.6 is 7.82 Å². The standard InChI is InChI=1S/C12H17O4P/c1-3-14-17(13,15-4-2)16-11-10-12-8-6-5-7-9-12/h5-11H,3-4H2,1-2H3. The number of hydrogen-bond donors (Lipinski definition) is 0. The van der Waals surface area contributed by atoms with Gasteiger partial charge >= 0.3 is 7.82 Å². The first-order valence-electron chi connectivity index (χ1n) is 5.49. The molecule has 0 N–H and O–H groups in total. The van der Waals surface area contributed by atoms with E-state index in [1.807, 2.05) is 30.3 Å². The Balaban J connectivity index is 2.58. The molecule has 0 spiro atoms. The number of hydrogen-bond acceptors (Lipinski definition) is 4. The Morgan fingerprint density at radius 2 is 1.71 bits per heavy atom. The van der Waals surface area contributed by atoms with Crippen LogP contribution in [-0.2, 0) is 18.1 Å². The van der Waals surface area contributed by atoms with Crippen LogP contribution in [0.1, 0.15) is 19.4 Å². The third kappa shape index (κ3) is 5.18. The van der Waals surface area contributed by atoms with Crippen LogP contribution in [0.5, 0.6) is 0 Å². The average molecular weight is 256 g/mol. The Morgan fingerprint density at radius 3 is 2.24 bits per heavy atom. The molecule has 1 rings (SSSR count). The predicted molar refractivity (Wildman–Crippen MR) is 67.4 cm³/mol. The lowest BCUT2D eigenvalue weighted by molar-refractivity contribution is 0.154. The second kappa shape index (κ2) is 7.28. The van der Waals surface area contributed by atoms with E-state index >= 15 is 0 Å². The number of phosphoric ester groups is 1. The van der Waals surface area contributed by atoms with Crippen molar-refractivity contribution < 1.29 is 18.1 Å². The van der Waals surface area contributed by atoms with Crippen LogP contribution in [-0.4, -0.2) is 13.2 Å². The second-order valence-electron chi connectivity index (χ2n) is 3.10. The molecule has 1 aromatic carbocycles. The van der Waals surface area contributed by atoms with Crippen molar-refractivity contribution in [3.8, 4) is 0 Å². The van der Waals surface area contributed by atoms with Gasteiger partial charge in [-0.3, -0.25) is 9.05 Å². The molecule has 0 aromatic heterocycles. The molecule has 0 fully saturated rings. The molecule has 0 radical (unpaired) electrons. The molecule has 0 aliphatic heterocycles. The number of benzene rings is 1. The SMILES string of the molecule is CCOP(=O)(OC=Cc1ccccc1)OCC. The summed E-state index contributed by atoms with van der Waals surface area (Å²) in [5, 5.41) is 0. The molecule has 0 atom stereocenters. The minimum atomic E-state index is -3.44. The van der Waals surface area contributed by atoms with Crippen LogP contribution in [0.4, 0.5) is 0 Å². The summed E-state index contributed by atoms with van der Waals surface area (Å²) >= 11 is 0. The molecule has 4 nitrogen and oxygen atoms in total.